The zero-order valence-corrected chi connectivity index (χ0v) is 17.3. The third-order valence-corrected chi connectivity index (χ3v) is 5.90. The van der Waals surface area contributed by atoms with Crippen LogP contribution in [0.25, 0.3) is 0 Å². The van der Waals surface area contributed by atoms with Gasteiger partial charge in [0.1, 0.15) is 10.8 Å². The van der Waals surface area contributed by atoms with Gasteiger partial charge < -0.3 is 20.5 Å². The van der Waals surface area contributed by atoms with Crippen LogP contribution < -0.4 is 15.8 Å². The summed E-state index contributed by atoms with van der Waals surface area (Å²) in [4.78, 5) is 37.4. The van der Waals surface area contributed by atoms with Gasteiger partial charge in [-0.05, 0) is 69.4 Å². The van der Waals surface area contributed by atoms with Crippen LogP contribution >= 0.6 is 11.3 Å². The fourth-order valence-corrected chi connectivity index (χ4v) is 4.58. The molecule has 0 spiro atoms. The number of esters is 1. The van der Waals surface area contributed by atoms with E-state index in [-0.39, 0.29) is 12.5 Å². The summed E-state index contributed by atoms with van der Waals surface area (Å²) in [7, 11) is 0. The van der Waals surface area contributed by atoms with Gasteiger partial charge in [0, 0.05) is 10.4 Å². The first-order valence-electron chi connectivity index (χ1n) is 9.59. The molecule has 0 aliphatic heterocycles. The molecule has 1 heterocycles. The highest BCUT2D eigenvalue weighted by atomic mass is 32.1. The van der Waals surface area contributed by atoms with Crippen LogP contribution in [0.3, 0.4) is 0 Å². The summed E-state index contributed by atoms with van der Waals surface area (Å²) in [5.74, 6) is -0.853. The summed E-state index contributed by atoms with van der Waals surface area (Å²) >= 11 is 1.42. The Labute approximate surface area is 173 Å². The molecule has 0 saturated carbocycles. The van der Waals surface area contributed by atoms with Crippen LogP contribution in [0.15, 0.2) is 24.3 Å². The highest BCUT2D eigenvalue weighted by Gasteiger charge is 2.25. The lowest BCUT2D eigenvalue weighted by atomic mass is 9.95. The molecule has 29 heavy (non-hydrogen) atoms. The first-order chi connectivity index (χ1) is 13.9. The average Bonchev–Trinajstić information content (AvgIpc) is 3.06. The normalized spacial score (nSPS) is 13.9. The number of amides is 2. The average molecular weight is 416 g/mol. The lowest BCUT2D eigenvalue weighted by Gasteiger charge is -2.13. The smallest absolute Gasteiger partial charge is 0.347 e. The highest BCUT2D eigenvalue weighted by Crippen LogP contribution is 2.38. The molecule has 0 radical (unpaired) electrons. The Hall–Kier alpha value is -2.87. The van der Waals surface area contributed by atoms with Crippen molar-refractivity contribution in [3.8, 4) is 5.75 Å². The van der Waals surface area contributed by atoms with Gasteiger partial charge in [0.15, 0.2) is 6.10 Å². The van der Waals surface area contributed by atoms with Crippen LogP contribution in [0, 0.1) is 0 Å². The van der Waals surface area contributed by atoms with Crippen LogP contribution in [0.1, 0.15) is 57.8 Å². The van der Waals surface area contributed by atoms with Gasteiger partial charge in [-0.2, -0.15) is 0 Å². The molecule has 1 aliphatic carbocycles. The van der Waals surface area contributed by atoms with Gasteiger partial charge in [-0.3, -0.25) is 9.59 Å². The molecule has 1 unspecified atom stereocenters. The maximum absolute atomic E-state index is 12.7. The zero-order chi connectivity index (χ0) is 21.0. The minimum atomic E-state index is -0.745. The Morgan fingerprint density at radius 3 is 2.52 bits per heavy atom. The van der Waals surface area contributed by atoms with Crippen LogP contribution in [0.4, 0.5) is 5.00 Å². The van der Waals surface area contributed by atoms with Gasteiger partial charge in [0.25, 0.3) is 11.8 Å². The second-order valence-corrected chi connectivity index (χ2v) is 7.88. The summed E-state index contributed by atoms with van der Waals surface area (Å²) in [6.45, 7) is 3.61. The van der Waals surface area contributed by atoms with Gasteiger partial charge in [0.05, 0.1) is 12.2 Å². The number of thiophene rings is 1. The number of primary amides is 1. The van der Waals surface area contributed by atoms with Gasteiger partial charge >= 0.3 is 5.97 Å². The number of nitrogens with two attached hydrogens (primary N) is 1. The largest absolute Gasteiger partial charge is 0.479 e. The van der Waals surface area contributed by atoms with E-state index in [2.05, 4.69) is 5.32 Å². The SMILES string of the molecule is CCOC(=O)C(C)Oc1ccc(C(=O)Nc2sc3c(c2C(N)=O)CCCC3)cc1. The van der Waals surface area contributed by atoms with Crippen molar-refractivity contribution < 1.29 is 23.9 Å². The summed E-state index contributed by atoms with van der Waals surface area (Å²) < 4.78 is 10.4. The van der Waals surface area contributed by atoms with Crippen molar-refractivity contribution >= 4 is 34.1 Å². The number of ether oxygens (including phenoxy) is 2. The first kappa shape index (κ1) is 20.9. The number of hydrogen-bond acceptors (Lipinski definition) is 6. The number of hydrogen-bond donors (Lipinski definition) is 2. The Balaban J connectivity index is 1.71. The zero-order valence-electron chi connectivity index (χ0n) is 16.4. The van der Waals surface area contributed by atoms with Crippen molar-refractivity contribution in [2.45, 2.75) is 45.6 Å². The molecular weight excluding hydrogens is 392 g/mol. The first-order valence-corrected chi connectivity index (χ1v) is 10.4. The second kappa shape index (κ2) is 9.09. The predicted molar refractivity (Wildman–Crippen MR) is 111 cm³/mol. The van der Waals surface area contributed by atoms with Gasteiger partial charge in [-0.15, -0.1) is 11.3 Å². The predicted octanol–water partition coefficient (Wildman–Crippen LogP) is 3.31. The van der Waals surface area contributed by atoms with Crippen molar-refractivity contribution in [3.05, 3.63) is 45.8 Å². The molecule has 3 rings (SSSR count). The van der Waals surface area contributed by atoms with E-state index in [1.807, 2.05) is 0 Å². The number of anilines is 1. The minimum Gasteiger partial charge on any atom is -0.479 e. The van der Waals surface area contributed by atoms with Gasteiger partial charge in [-0.1, -0.05) is 0 Å². The molecule has 8 heteroatoms. The van der Waals surface area contributed by atoms with E-state index in [4.69, 9.17) is 15.2 Å². The van der Waals surface area contributed by atoms with Crippen molar-refractivity contribution in [2.24, 2.45) is 5.73 Å². The molecule has 1 aromatic heterocycles. The Morgan fingerprint density at radius 1 is 1.17 bits per heavy atom. The fourth-order valence-electron chi connectivity index (χ4n) is 3.29. The van der Waals surface area contributed by atoms with E-state index < -0.39 is 18.0 Å². The third-order valence-electron chi connectivity index (χ3n) is 4.69. The molecule has 2 aromatic rings. The van der Waals surface area contributed by atoms with E-state index in [1.54, 1.807) is 38.1 Å². The summed E-state index contributed by atoms with van der Waals surface area (Å²) in [5, 5.41) is 3.33. The maximum atomic E-state index is 12.7. The van der Waals surface area contributed by atoms with E-state index >= 15 is 0 Å². The molecule has 0 bridgehead atoms. The summed E-state index contributed by atoms with van der Waals surface area (Å²) in [5.41, 5.74) is 7.38. The molecule has 0 saturated heterocycles. The molecule has 1 aliphatic rings. The number of carbonyl (C=O) groups excluding carboxylic acids is 3. The number of benzene rings is 1. The van der Waals surface area contributed by atoms with E-state index in [9.17, 15) is 14.4 Å². The fraction of sp³-hybridized carbons (Fsp3) is 0.381. The Morgan fingerprint density at radius 2 is 1.86 bits per heavy atom. The molecule has 3 N–H and O–H groups in total. The molecule has 0 fully saturated rings. The number of rotatable bonds is 7. The number of fused-ring (bicyclic) bond motifs is 1. The van der Waals surface area contributed by atoms with E-state index in [1.165, 1.54) is 11.3 Å². The monoisotopic (exact) mass is 416 g/mol. The van der Waals surface area contributed by atoms with Crippen LogP contribution in [-0.4, -0.2) is 30.5 Å². The molecule has 1 aromatic carbocycles. The number of nitrogens with one attached hydrogen (secondary N) is 1. The number of carbonyl (C=O) groups is 3. The molecule has 7 nitrogen and oxygen atoms in total. The van der Waals surface area contributed by atoms with Crippen molar-refractivity contribution in [2.75, 3.05) is 11.9 Å². The van der Waals surface area contributed by atoms with Gasteiger partial charge in [0.2, 0.25) is 0 Å². The maximum Gasteiger partial charge on any atom is 0.347 e. The van der Waals surface area contributed by atoms with E-state index in [0.717, 1.165) is 36.1 Å². The number of aryl methyl sites for hydroxylation is 1. The third kappa shape index (κ3) is 4.76. The lowest BCUT2D eigenvalue weighted by molar-refractivity contribution is -0.150. The van der Waals surface area contributed by atoms with Crippen molar-refractivity contribution in [1.29, 1.82) is 0 Å². The van der Waals surface area contributed by atoms with E-state index in [0.29, 0.717) is 21.9 Å². The Kier molecular flexibility index (Phi) is 6.53. The minimum absolute atomic E-state index is 0.283. The standard InChI is InChI=1S/C21H24N2O5S/c1-3-27-21(26)12(2)28-14-10-8-13(9-11-14)19(25)23-20-17(18(22)24)15-6-4-5-7-16(15)29-20/h8-12H,3-7H2,1-2H3,(H2,22,24)(H,23,25). The van der Waals surface area contributed by atoms with Crippen LogP contribution in [0.5, 0.6) is 5.75 Å². The highest BCUT2D eigenvalue weighted by molar-refractivity contribution is 7.17. The van der Waals surface area contributed by atoms with Crippen molar-refractivity contribution in [1.82, 2.24) is 0 Å². The molecule has 154 valence electrons. The Bertz CT molecular complexity index is 920. The van der Waals surface area contributed by atoms with Crippen molar-refractivity contribution in [3.63, 3.8) is 0 Å². The quantitative estimate of drug-likeness (QED) is 0.673. The topological polar surface area (TPSA) is 108 Å². The van der Waals surface area contributed by atoms with Crippen LogP contribution in [-0.2, 0) is 22.4 Å². The lowest BCUT2D eigenvalue weighted by Crippen LogP contribution is -2.26. The molecule has 1 atom stereocenters. The van der Waals surface area contributed by atoms with Crippen LogP contribution in [0.2, 0.25) is 0 Å². The molecular formula is C21H24N2O5S. The summed E-state index contributed by atoms with van der Waals surface area (Å²) in [6.07, 6.45) is 3.06. The second-order valence-electron chi connectivity index (χ2n) is 6.77. The molecule has 2 amide bonds. The van der Waals surface area contributed by atoms with Gasteiger partial charge in [-0.25, -0.2) is 4.79 Å². The summed E-state index contributed by atoms with van der Waals surface area (Å²) in [6, 6.07) is 6.41.